The molecule has 0 spiro atoms. The molecule has 15 heteroatoms. The molecule has 4 atom stereocenters. The molecule has 0 fully saturated rings. The first-order valence-corrected chi connectivity index (χ1v) is 15.5. The Labute approximate surface area is 265 Å². The summed E-state index contributed by atoms with van der Waals surface area (Å²) in [6.45, 7) is 4.43. The molecular weight excluding hydrogens is 582 g/mol. The molecule has 0 saturated carbocycles. The van der Waals surface area contributed by atoms with Crippen LogP contribution in [0.3, 0.4) is 0 Å². The van der Waals surface area contributed by atoms with Crippen molar-refractivity contribution >= 4 is 35.3 Å². The van der Waals surface area contributed by atoms with Crippen molar-refractivity contribution in [1.29, 1.82) is 0 Å². The van der Waals surface area contributed by atoms with Gasteiger partial charge in [-0.3, -0.25) is 19.2 Å². The lowest BCUT2D eigenvalue weighted by atomic mass is 10.0. The number of carbonyl (C=O) groups excluding carboxylic acids is 5. The molecule has 1 aromatic carbocycles. The van der Waals surface area contributed by atoms with Gasteiger partial charge in [-0.05, 0) is 81.6 Å². The molecular formula is C30H53N9O6. The number of hydrogen-bond donors (Lipinski definition) is 10. The summed E-state index contributed by atoms with van der Waals surface area (Å²) in [6.07, 6.45) is 3.80. The van der Waals surface area contributed by atoms with Crippen LogP contribution in [0.2, 0.25) is 0 Å². The lowest BCUT2D eigenvalue weighted by molar-refractivity contribution is -0.134. The average Bonchev–Trinajstić information content (AvgIpc) is 3.00. The Balaban J connectivity index is 3.05. The lowest BCUT2D eigenvalue weighted by Crippen LogP contribution is -2.58. The predicted molar refractivity (Wildman–Crippen MR) is 172 cm³/mol. The van der Waals surface area contributed by atoms with E-state index >= 15 is 0 Å². The SMILES string of the molecule is CC(C)[C@H](NC(=O)[C@H](CCCCN)NC(=O)[C@@H](N)CCCCN)C(=O)N[C@@H](CCCNC(N)=O)C(=O)Nc1ccc(CO)cc1. The van der Waals surface area contributed by atoms with Crippen LogP contribution >= 0.6 is 0 Å². The Morgan fingerprint density at radius 3 is 1.84 bits per heavy atom. The summed E-state index contributed by atoms with van der Waals surface area (Å²) in [5.74, 6) is -2.51. The molecule has 0 aromatic heterocycles. The van der Waals surface area contributed by atoms with E-state index in [-0.39, 0.29) is 25.5 Å². The number of rotatable bonds is 22. The molecule has 0 saturated heterocycles. The molecule has 1 aromatic rings. The molecule has 1 rings (SSSR count). The second kappa shape index (κ2) is 21.8. The third kappa shape index (κ3) is 15.7. The van der Waals surface area contributed by atoms with E-state index in [1.807, 2.05) is 0 Å². The van der Waals surface area contributed by atoms with E-state index in [0.29, 0.717) is 62.9 Å². The highest BCUT2D eigenvalue weighted by atomic mass is 16.3. The second-order valence-corrected chi connectivity index (χ2v) is 11.3. The second-order valence-electron chi connectivity index (χ2n) is 11.3. The van der Waals surface area contributed by atoms with Crippen LogP contribution in [0.4, 0.5) is 10.5 Å². The number of nitrogens with two attached hydrogens (primary N) is 4. The minimum Gasteiger partial charge on any atom is -0.392 e. The van der Waals surface area contributed by atoms with E-state index < -0.39 is 53.8 Å². The van der Waals surface area contributed by atoms with Crippen molar-refractivity contribution in [1.82, 2.24) is 21.3 Å². The van der Waals surface area contributed by atoms with E-state index in [0.717, 1.165) is 6.42 Å². The van der Waals surface area contributed by atoms with Crippen LogP contribution < -0.4 is 49.5 Å². The van der Waals surface area contributed by atoms with Gasteiger partial charge < -0.3 is 54.6 Å². The van der Waals surface area contributed by atoms with Crippen LogP contribution in [-0.2, 0) is 25.8 Å². The predicted octanol–water partition coefficient (Wildman–Crippen LogP) is -0.738. The van der Waals surface area contributed by atoms with Gasteiger partial charge in [-0.15, -0.1) is 0 Å². The topological polar surface area (TPSA) is 270 Å². The number of unbranched alkanes of at least 4 members (excludes halogenated alkanes) is 2. The molecule has 0 aliphatic carbocycles. The number of aliphatic hydroxyl groups is 1. The van der Waals surface area contributed by atoms with E-state index in [4.69, 9.17) is 22.9 Å². The maximum Gasteiger partial charge on any atom is 0.312 e. The zero-order valence-corrected chi connectivity index (χ0v) is 26.5. The fourth-order valence-corrected chi connectivity index (χ4v) is 4.44. The van der Waals surface area contributed by atoms with Gasteiger partial charge in [0.25, 0.3) is 0 Å². The number of nitrogens with one attached hydrogen (secondary N) is 5. The molecule has 0 heterocycles. The van der Waals surface area contributed by atoms with E-state index in [1.165, 1.54) is 0 Å². The summed E-state index contributed by atoms with van der Waals surface area (Å²) in [7, 11) is 0. The van der Waals surface area contributed by atoms with E-state index in [9.17, 15) is 29.1 Å². The first-order valence-electron chi connectivity index (χ1n) is 15.5. The average molecular weight is 636 g/mol. The number of amides is 6. The normalized spacial score (nSPS) is 13.7. The zero-order chi connectivity index (χ0) is 33.8. The molecule has 0 bridgehead atoms. The fourth-order valence-electron chi connectivity index (χ4n) is 4.44. The number of carbonyl (C=O) groups is 5. The largest absolute Gasteiger partial charge is 0.392 e. The van der Waals surface area contributed by atoms with Crippen LogP contribution in [0, 0.1) is 5.92 Å². The highest BCUT2D eigenvalue weighted by Gasteiger charge is 2.32. The number of anilines is 1. The fraction of sp³-hybridized carbons (Fsp3) is 0.633. The highest BCUT2D eigenvalue weighted by molar-refractivity contribution is 5.99. The van der Waals surface area contributed by atoms with Crippen LogP contribution in [0.25, 0.3) is 0 Å². The zero-order valence-electron chi connectivity index (χ0n) is 26.5. The first kappa shape index (κ1) is 39.2. The van der Waals surface area contributed by atoms with Gasteiger partial charge in [0.05, 0.1) is 12.6 Å². The first-order chi connectivity index (χ1) is 21.4. The molecule has 0 unspecified atom stereocenters. The van der Waals surface area contributed by atoms with Crippen molar-refractivity contribution in [2.24, 2.45) is 28.9 Å². The standard InChI is InChI=1S/C30H53N9O6/c1-19(2)25(39-28(43)23(9-4-6-16-32)37-26(41)22(33)8-3-5-15-31)29(44)38-24(10-7-17-35-30(34)45)27(42)36-21-13-11-20(18-40)12-14-21/h11-14,19,22-25,40H,3-10,15-18,31-33H2,1-2H3,(H,36,42)(H,37,41)(H,38,44)(H,39,43)(H3,34,35,45)/t22-,23-,24-,25-/m0/s1. The summed E-state index contributed by atoms with van der Waals surface area (Å²) in [6, 6.07) is 2.03. The molecule has 0 radical (unpaired) electrons. The maximum atomic E-state index is 13.5. The molecule has 254 valence electrons. The summed E-state index contributed by atoms with van der Waals surface area (Å²) >= 11 is 0. The van der Waals surface area contributed by atoms with Gasteiger partial charge in [0, 0.05) is 12.2 Å². The summed E-state index contributed by atoms with van der Waals surface area (Å²) in [4.78, 5) is 64.0. The van der Waals surface area contributed by atoms with Crippen molar-refractivity contribution in [2.75, 3.05) is 25.0 Å². The number of primary amides is 1. The van der Waals surface area contributed by atoms with Crippen molar-refractivity contribution in [2.45, 2.75) is 96.0 Å². The van der Waals surface area contributed by atoms with Crippen molar-refractivity contribution < 1.29 is 29.1 Å². The van der Waals surface area contributed by atoms with E-state index in [1.54, 1.807) is 38.1 Å². The Hall–Kier alpha value is -3.79. The smallest absolute Gasteiger partial charge is 0.312 e. The van der Waals surface area contributed by atoms with Crippen LogP contribution in [0.5, 0.6) is 0 Å². The van der Waals surface area contributed by atoms with Crippen LogP contribution in [0.1, 0.15) is 70.8 Å². The van der Waals surface area contributed by atoms with Gasteiger partial charge in [-0.2, -0.15) is 0 Å². The van der Waals surface area contributed by atoms with Gasteiger partial charge in [0.1, 0.15) is 18.1 Å². The molecule has 0 aliphatic heterocycles. The molecule has 15 nitrogen and oxygen atoms in total. The van der Waals surface area contributed by atoms with Crippen LogP contribution in [-0.4, -0.2) is 78.6 Å². The Morgan fingerprint density at radius 2 is 1.29 bits per heavy atom. The Kier molecular flexibility index (Phi) is 19.0. The third-order valence-electron chi connectivity index (χ3n) is 7.14. The number of aliphatic hydroxyl groups excluding tert-OH is 1. The lowest BCUT2D eigenvalue weighted by Gasteiger charge is -2.28. The van der Waals surface area contributed by atoms with Crippen molar-refractivity contribution in [3.63, 3.8) is 0 Å². The summed E-state index contributed by atoms with van der Waals surface area (Å²) < 4.78 is 0. The molecule has 45 heavy (non-hydrogen) atoms. The van der Waals surface area contributed by atoms with Gasteiger partial charge in [-0.1, -0.05) is 32.4 Å². The number of hydrogen-bond acceptors (Lipinski definition) is 9. The number of benzene rings is 1. The molecule has 14 N–H and O–H groups in total. The van der Waals surface area contributed by atoms with E-state index in [2.05, 4.69) is 26.6 Å². The van der Waals surface area contributed by atoms with Crippen molar-refractivity contribution in [3.05, 3.63) is 29.8 Å². The molecule has 6 amide bonds. The minimum atomic E-state index is -1.03. The quantitative estimate of drug-likeness (QED) is 0.0718. The number of urea groups is 1. The highest BCUT2D eigenvalue weighted by Crippen LogP contribution is 2.12. The van der Waals surface area contributed by atoms with Gasteiger partial charge in [-0.25, -0.2) is 4.79 Å². The minimum absolute atomic E-state index is 0.152. The Bertz CT molecular complexity index is 1070. The third-order valence-corrected chi connectivity index (χ3v) is 7.14. The summed E-state index contributed by atoms with van der Waals surface area (Å²) in [5, 5.41) is 22.7. The van der Waals surface area contributed by atoms with Gasteiger partial charge >= 0.3 is 6.03 Å². The van der Waals surface area contributed by atoms with Crippen molar-refractivity contribution in [3.8, 4) is 0 Å². The Morgan fingerprint density at radius 1 is 0.733 bits per heavy atom. The van der Waals surface area contributed by atoms with Crippen LogP contribution in [0.15, 0.2) is 24.3 Å². The van der Waals surface area contributed by atoms with Gasteiger partial charge in [0.2, 0.25) is 23.6 Å². The maximum absolute atomic E-state index is 13.5. The van der Waals surface area contributed by atoms with Gasteiger partial charge in [0.15, 0.2) is 0 Å². The monoisotopic (exact) mass is 635 g/mol. The molecule has 0 aliphatic rings. The summed E-state index contributed by atoms with van der Waals surface area (Å²) in [5.41, 5.74) is 23.4.